The molecular formula is C14H17BrClFN2. The van der Waals surface area contributed by atoms with Gasteiger partial charge in [-0.1, -0.05) is 20.8 Å². The molecule has 0 amide bonds. The molecule has 1 aromatic heterocycles. The van der Waals surface area contributed by atoms with E-state index in [0.717, 1.165) is 23.4 Å². The van der Waals surface area contributed by atoms with E-state index >= 15 is 0 Å². The average Bonchev–Trinajstić information content (AvgIpc) is 2.57. The summed E-state index contributed by atoms with van der Waals surface area (Å²) in [4.78, 5) is 4.57. The highest BCUT2D eigenvalue weighted by molar-refractivity contribution is 9.10. The maximum atomic E-state index is 13.7. The number of aromatic nitrogens is 2. The first-order chi connectivity index (χ1) is 8.81. The molecule has 0 aliphatic heterocycles. The first kappa shape index (κ1) is 14.8. The van der Waals surface area contributed by atoms with Crippen LogP contribution in [0.25, 0.3) is 11.0 Å². The molecule has 0 saturated heterocycles. The van der Waals surface area contributed by atoms with Gasteiger partial charge in [0, 0.05) is 24.9 Å². The highest BCUT2D eigenvalue weighted by Gasteiger charge is 2.18. The van der Waals surface area contributed by atoms with Gasteiger partial charge in [0.1, 0.15) is 11.6 Å². The fourth-order valence-corrected chi connectivity index (χ4v) is 2.60. The minimum absolute atomic E-state index is 0.0955. The predicted octanol–water partition coefficient (Wildman–Crippen LogP) is 4.77. The molecule has 0 aliphatic carbocycles. The third-order valence-electron chi connectivity index (χ3n) is 2.82. The highest BCUT2D eigenvalue weighted by atomic mass is 79.9. The Bertz CT molecular complexity index is 601. The van der Waals surface area contributed by atoms with Crippen molar-refractivity contribution in [2.45, 2.75) is 33.7 Å². The molecule has 0 atom stereocenters. The molecule has 0 N–H and O–H groups in total. The fraction of sp³-hybridized carbons (Fsp3) is 0.500. The van der Waals surface area contributed by atoms with Crippen molar-refractivity contribution in [1.29, 1.82) is 0 Å². The molecule has 1 heterocycles. The molecule has 5 heteroatoms. The number of hydrogen-bond acceptors (Lipinski definition) is 1. The smallest absolute Gasteiger partial charge is 0.139 e. The highest BCUT2D eigenvalue weighted by Crippen LogP contribution is 2.27. The van der Waals surface area contributed by atoms with Crippen molar-refractivity contribution in [3.05, 3.63) is 28.2 Å². The van der Waals surface area contributed by atoms with Crippen molar-refractivity contribution in [1.82, 2.24) is 9.55 Å². The van der Waals surface area contributed by atoms with E-state index in [1.807, 2.05) is 0 Å². The lowest BCUT2D eigenvalue weighted by atomic mass is 9.96. The molecule has 1 aromatic carbocycles. The Balaban J connectivity index is 2.62. The Kier molecular flexibility index (Phi) is 4.21. The lowest BCUT2D eigenvalue weighted by Gasteiger charge is -2.21. The van der Waals surface area contributed by atoms with E-state index in [1.54, 1.807) is 6.07 Å². The average molecular weight is 348 g/mol. The second-order valence-corrected chi connectivity index (χ2v) is 7.10. The quantitative estimate of drug-likeness (QED) is 0.732. The topological polar surface area (TPSA) is 17.8 Å². The van der Waals surface area contributed by atoms with Gasteiger partial charge in [-0.3, -0.25) is 0 Å². The number of benzene rings is 1. The standard InChI is InChI=1S/C14H17BrClFN2/c1-14(2,3)8-19-12-7-10(17)9(15)6-11(12)18-13(19)4-5-16/h6-7H,4-5,8H2,1-3H3. The zero-order valence-corrected chi connectivity index (χ0v) is 13.6. The number of nitrogens with zero attached hydrogens (tertiary/aromatic N) is 2. The van der Waals surface area contributed by atoms with Gasteiger partial charge in [-0.05, 0) is 27.4 Å². The number of imidazole rings is 1. The van der Waals surface area contributed by atoms with Crippen LogP contribution in [0, 0.1) is 11.2 Å². The molecule has 0 fully saturated rings. The van der Waals surface area contributed by atoms with Crippen molar-refractivity contribution >= 4 is 38.6 Å². The van der Waals surface area contributed by atoms with Gasteiger partial charge >= 0.3 is 0 Å². The molecule has 2 nitrogen and oxygen atoms in total. The third kappa shape index (κ3) is 3.29. The van der Waals surface area contributed by atoms with Gasteiger partial charge in [-0.25, -0.2) is 9.37 Å². The van der Waals surface area contributed by atoms with Crippen LogP contribution in [-0.2, 0) is 13.0 Å². The summed E-state index contributed by atoms with van der Waals surface area (Å²) in [7, 11) is 0. The van der Waals surface area contributed by atoms with Crippen LogP contribution in [-0.4, -0.2) is 15.4 Å². The Morgan fingerprint density at radius 2 is 2.05 bits per heavy atom. The van der Waals surface area contributed by atoms with Crippen molar-refractivity contribution in [3.8, 4) is 0 Å². The first-order valence-corrected chi connectivity index (χ1v) is 7.55. The second-order valence-electron chi connectivity index (χ2n) is 5.87. The zero-order chi connectivity index (χ0) is 14.2. The van der Waals surface area contributed by atoms with E-state index in [0.29, 0.717) is 16.8 Å². The van der Waals surface area contributed by atoms with E-state index in [4.69, 9.17) is 11.6 Å². The fourth-order valence-electron chi connectivity index (χ4n) is 2.10. The van der Waals surface area contributed by atoms with Crippen LogP contribution in [0.2, 0.25) is 0 Å². The molecule has 0 bridgehead atoms. The Hall–Kier alpha value is -0.610. The van der Waals surface area contributed by atoms with E-state index in [9.17, 15) is 4.39 Å². The number of aryl methyl sites for hydroxylation is 1. The Labute approximate surface area is 126 Å². The molecule has 2 aromatic rings. The second kappa shape index (κ2) is 5.41. The predicted molar refractivity (Wildman–Crippen MR) is 81.3 cm³/mol. The monoisotopic (exact) mass is 346 g/mol. The van der Waals surface area contributed by atoms with Crippen LogP contribution in [0.1, 0.15) is 26.6 Å². The van der Waals surface area contributed by atoms with Gasteiger partial charge in [0.15, 0.2) is 0 Å². The van der Waals surface area contributed by atoms with Crippen molar-refractivity contribution in [2.24, 2.45) is 5.41 Å². The number of halogens is 3. The molecular weight excluding hydrogens is 331 g/mol. The molecule has 19 heavy (non-hydrogen) atoms. The van der Waals surface area contributed by atoms with Crippen LogP contribution < -0.4 is 0 Å². The Morgan fingerprint density at radius 3 is 2.63 bits per heavy atom. The van der Waals surface area contributed by atoms with Crippen LogP contribution in [0.3, 0.4) is 0 Å². The summed E-state index contributed by atoms with van der Waals surface area (Å²) >= 11 is 9.03. The third-order valence-corrected chi connectivity index (χ3v) is 3.62. The summed E-state index contributed by atoms with van der Waals surface area (Å²) in [6.45, 7) is 7.24. The van der Waals surface area contributed by atoms with Crippen LogP contribution in [0.4, 0.5) is 4.39 Å². The van der Waals surface area contributed by atoms with Crippen LogP contribution in [0.15, 0.2) is 16.6 Å². The molecule has 2 rings (SSSR count). The summed E-state index contributed by atoms with van der Waals surface area (Å²) in [6.07, 6.45) is 0.686. The largest absolute Gasteiger partial charge is 0.327 e. The van der Waals surface area contributed by atoms with Gasteiger partial charge in [-0.2, -0.15) is 0 Å². The van der Waals surface area contributed by atoms with E-state index in [-0.39, 0.29) is 11.2 Å². The molecule has 0 saturated carbocycles. The zero-order valence-electron chi connectivity index (χ0n) is 11.3. The normalized spacial score (nSPS) is 12.3. The lowest BCUT2D eigenvalue weighted by Crippen LogP contribution is -2.17. The SMILES string of the molecule is CC(C)(C)Cn1c(CCCl)nc2cc(Br)c(F)cc21. The number of rotatable bonds is 3. The van der Waals surface area contributed by atoms with E-state index < -0.39 is 0 Å². The van der Waals surface area contributed by atoms with Gasteiger partial charge < -0.3 is 4.57 Å². The first-order valence-electron chi connectivity index (χ1n) is 6.22. The summed E-state index contributed by atoms with van der Waals surface area (Å²) in [5.74, 6) is 1.16. The van der Waals surface area contributed by atoms with Gasteiger partial charge in [-0.15, -0.1) is 11.6 Å². The molecule has 0 aliphatic rings. The summed E-state index contributed by atoms with van der Waals surface area (Å²) in [5.41, 5.74) is 1.73. The maximum Gasteiger partial charge on any atom is 0.139 e. The van der Waals surface area contributed by atoms with E-state index in [2.05, 4.69) is 46.3 Å². The minimum atomic E-state index is -0.264. The maximum absolute atomic E-state index is 13.7. The number of hydrogen-bond donors (Lipinski definition) is 0. The summed E-state index contributed by atoms with van der Waals surface area (Å²) in [6, 6.07) is 3.26. The van der Waals surface area contributed by atoms with Gasteiger partial charge in [0.25, 0.3) is 0 Å². The molecule has 0 spiro atoms. The number of alkyl halides is 1. The summed E-state index contributed by atoms with van der Waals surface area (Å²) in [5, 5.41) is 0. The number of fused-ring (bicyclic) bond motifs is 1. The van der Waals surface area contributed by atoms with Gasteiger partial charge in [0.2, 0.25) is 0 Å². The van der Waals surface area contributed by atoms with Crippen molar-refractivity contribution in [3.63, 3.8) is 0 Å². The minimum Gasteiger partial charge on any atom is -0.327 e. The van der Waals surface area contributed by atoms with Crippen LogP contribution in [0.5, 0.6) is 0 Å². The van der Waals surface area contributed by atoms with Crippen molar-refractivity contribution in [2.75, 3.05) is 5.88 Å². The van der Waals surface area contributed by atoms with Crippen LogP contribution >= 0.6 is 27.5 Å². The summed E-state index contributed by atoms with van der Waals surface area (Å²) < 4.78 is 16.3. The lowest BCUT2D eigenvalue weighted by molar-refractivity contribution is 0.343. The van der Waals surface area contributed by atoms with Crippen molar-refractivity contribution < 1.29 is 4.39 Å². The van der Waals surface area contributed by atoms with E-state index in [1.165, 1.54) is 6.07 Å². The van der Waals surface area contributed by atoms with Gasteiger partial charge in [0.05, 0.1) is 15.5 Å². The molecule has 104 valence electrons. The molecule has 0 unspecified atom stereocenters. The Morgan fingerprint density at radius 1 is 1.37 bits per heavy atom. The molecule has 0 radical (unpaired) electrons.